The highest BCUT2D eigenvalue weighted by Crippen LogP contribution is 2.27. The molecule has 0 radical (unpaired) electrons. The third kappa shape index (κ3) is 2.14. The van der Waals surface area contributed by atoms with E-state index in [0.29, 0.717) is 12.1 Å². The van der Waals surface area contributed by atoms with Gasteiger partial charge in [0.15, 0.2) is 0 Å². The summed E-state index contributed by atoms with van der Waals surface area (Å²) in [5.41, 5.74) is 2.62. The lowest BCUT2D eigenvalue weighted by atomic mass is 10.0. The van der Waals surface area contributed by atoms with Gasteiger partial charge in [-0.15, -0.1) is 0 Å². The van der Waals surface area contributed by atoms with Crippen LogP contribution in [0.3, 0.4) is 0 Å². The zero-order valence-corrected chi connectivity index (χ0v) is 12.6. The first-order chi connectivity index (χ1) is 9.59. The predicted molar refractivity (Wildman–Crippen MR) is 77.8 cm³/mol. The van der Waals surface area contributed by atoms with Gasteiger partial charge in [-0.05, 0) is 46.1 Å². The standard InChI is InChI=1S/C15H24N4O/c1-10-14(11(2)18(3)17-10)15(20)19-9-5-7-13(19)12-6-4-8-16-12/h12-13,16H,4-9H2,1-3H3. The smallest absolute Gasteiger partial charge is 0.257 e. The lowest BCUT2D eigenvalue weighted by Gasteiger charge is -2.29. The van der Waals surface area contributed by atoms with Crippen molar-refractivity contribution in [2.75, 3.05) is 13.1 Å². The second-order valence-electron chi connectivity index (χ2n) is 6.08. The Morgan fingerprint density at radius 1 is 1.30 bits per heavy atom. The van der Waals surface area contributed by atoms with Gasteiger partial charge < -0.3 is 10.2 Å². The number of hydrogen-bond acceptors (Lipinski definition) is 3. The molecule has 2 fully saturated rings. The molecule has 0 bridgehead atoms. The molecule has 1 N–H and O–H groups in total. The van der Waals surface area contributed by atoms with Crippen molar-refractivity contribution in [2.24, 2.45) is 7.05 Å². The molecule has 0 aliphatic carbocycles. The Morgan fingerprint density at radius 2 is 2.10 bits per heavy atom. The summed E-state index contributed by atoms with van der Waals surface area (Å²) in [7, 11) is 1.90. The average molecular weight is 276 g/mol. The molecule has 2 saturated heterocycles. The minimum Gasteiger partial charge on any atom is -0.334 e. The van der Waals surface area contributed by atoms with E-state index < -0.39 is 0 Å². The first-order valence-corrected chi connectivity index (χ1v) is 7.64. The maximum absolute atomic E-state index is 12.9. The second kappa shape index (κ2) is 5.20. The van der Waals surface area contributed by atoms with Gasteiger partial charge in [0, 0.05) is 31.4 Å². The number of rotatable bonds is 2. The summed E-state index contributed by atoms with van der Waals surface area (Å²) in [6, 6.07) is 0.850. The van der Waals surface area contributed by atoms with E-state index in [9.17, 15) is 4.79 Å². The van der Waals surface area contributed by atoms with Gasteiger partial charge in [0.05, 0.1) is 11.3 Å². The summed E-state index contributed by atoms with van der Waals surface area (Å²) in [5.74, 6) is 0.171. The molecule has 1 aromatic rings. The van der Waals surface area contributed by atoms with Gasteiger partial charge in [0.25, 0.3) is 5.91 Å². The molecule has 1 amide bonds. The topological polar surface area (TPSA) is 50.2 Å². The Morgan fingerprint density at radius 3 is 2.70 bits per heavy atom. The van der Waals surface area contributed by atoms with Crippen LogP contribution in [0, 0.1) is 13.8 Å². The molecular formula is C15H24N4O. The van der Waals surface area contributed by atoms with Gasteiger partial charge in [-0.1, -0.05) is 0 Å². The number of nitrogens with one attached hydrogen (secondary N) is 1. The maximum Gasteiger partial charge on any atom is 0.257 e. The van der Waals surface area contributed by atoms with E-state index in [2.05, 4.69) is 15.3 Å². The molecule has 3 heterocycles. The third-order valence-electron chi connectivity index (χ3n) is 4.85. The van der Waals surface area contributed by atoms with E-state index in [0.717, 1.165) is 42.9 Å². The highest BCUT2D eigenvalue weighted by atomic mass is 16.2. The van der Waals surface area contributed by atoms with Gasteiger partial charge in [0.2, 0.25) is 0 Å². The van der Waals surface area contributed by atoms with Crippen molar-refractivity contribution < 1.29 is 4.79 Å². The van der Waals surface area contributed by atoms with Crippen molar-refractivity contribution in [2.45, 2.75) is 51.6 Å². The van der Waals surface area contributed by atoms with Crippen LogP contribution in [0.4, 0.5) is 0 Å². The van der Waals surface area contributed by atoms with E-state index in [1.54, 1.807) is 0 Å². The van der Waals surface area contributed by atoms with Crippen LogP contribution in [0.2, 0.25) is 0 Å². The SMILES string of the molecule is Cc1nn(C)c(C)c1C(=O)N1CCCC1C1CCCN1. The maximum atomic E-state index is 12.9. The fourth-order valence-corrected chi connectivity index (χ4v) is 3.73. The number of carbonyl (C=O) groups is 1. The van der Waals surface area contributed by atoms with E-state index in [1.807, 2.05) is 25.6 Å². The molecule has 20 heavy (non-hydrogen) atoms. The Labute approximate surface area is 120 Å². The average Bonchev–Trinajstić information content (AvgIpc) is 3.11. The summed E-state index contributed by atoms with van der Waals surface area (Å²) >= 11 is 0. The Hall–Kier alpha value is -1.36. The number of carbonyl (C=O) groups excluding carboxylic acids is 1. The molecule has 2 atom stereocenters. The molecule has 2 unspecified atom stereocenters. The molecule has 0 spiro atoms. The first kappa shape index (κ1) is 13.6. The fourth-order valence-electron chi connectivity index (χ4n) is 3.73. The van der Waals surface area contributed by atoms with Crippen LogP contribution in [-0.2, 0) is 7.05 Å². The number of aromatic nitrogens is 2. The Kier molecular flexibility index (Phi) is 3.54. The van der Waals surface area contributed by atoms with Gasteiger partial charge in [-0.3, -0.25) is 9.48 Å². The van der Waals surface area contributed by atoms with Gasteiger partial charge in [-0.2, -0.15) is 5.10 Å². The Bertz CT molecular complexity index is 516. The van der Waals surface area contributed by atoms with Crippen molar-refractivity contribution >= 4 is 5.91 Å². The zero-order chi connectivity index (χ0) is 14.3. The van der Waals surface area contributed by atoms with Crippen LogP contribution < -0.4 is 5.32 Å². The lowest BCUT2D eigenvalue weighted by Crippen LogP contribution is -2.46. The minimum atomic E-state index is 0.171. The Balaban J connectivity index is 1.85. The number of nitrogens with zero attached hydrogens (tertiary/aromatic N) is 3. The summed E-state index contributed by atoms with van der Waals surface area (Å²) < 4.78 is 1.81. The summed E-state index contributed by atoms with van der Waals surface area (Å²) in [5, 5.41) is 7.93. The van der Waals surface area contributed by atoms with Crippen LogP contribution in [-0.4, -0.2) is 45.8 Å². The molecule has 110 valence electrons. The molecule has 3 rings (SSSR count). The third-order valence-corrected chi connectivity index (χ3v) is 4.85. The predicted octanol–water partition coefficient (Wildman–Crippen LogP) is 1.39. The molecule has 5 nitrogen and oxygen atoms in total. The number of aryl methyl sites for hydroxylation is 2. The second-order valence-corrected chi connectivity index (χ2v) is 6.08. The van der Waals surface area contributed by atoms with Gasteiger partial charge >= 0.3 is 0 Å². The lowest BCUT2D eigenvalue weighted by molar-refractivity contribution is 0.0710. The number of hydrogen-bond donors (Lipinski definition) is 1. The van der Waals surface area contributed by atoms with Crippen molar-refractivity contribution in [3.8, 4) is 0 Å². The van der Waals surface area contributed by atoms with E-state index in [1.165, 1.54) is 12.8 Å². The molecule has 5 heteroatoms. The molecule has 0 aromatic carbocycles. The summed E-state index contributed by atoms with van der Waals surface area (Å²) in [6.07, 6.45) is 4.67. The van der Waals surface area contributed by atoms with Crippen molar-refractivity contribution in [3.63, 3.8) is 0 Å². The molecule has 2 aliphatic rings. The molecule has 2 aliphatic heterocycles. The quantitative estimate of drug-likeness (QED) is 0.888. The fraction of sp³-hybridized carbons (Fsp3) is 0.733. The monoisotopic (exact) mass is 276 g/mol. The van der Waals surface area contributed by atoms with E-state index in [4.69, 9.17) is 0 Å². The van der Waals surface area contributed by atoms with Crippen LogP contribution in [0.5, 0.6) is 0 Å². The number of likely N-dealkylation sites (tertiary alicyclic amines) is 1. The van der Waals surface area contributed by atoms with E-state index in [-0.39, 0.29) is 5.91 Å². The van der Waals surface area contributed by atoms with Crippen LogP contribution in [0.15, 0.2) is 0 Å². The van der Waals surface area contributed by atoms with Crippen LogP contribution in [0.25, 0.3) is 0 Å². The number of amides is 1. The van der Waals surface area contributed by atoms with Crippen molar-refractivity contribution in [1.29, 1.82) is 0 Å². The van der Waals surface area contributed by atoms with Crippen LogP contribution >= 0.6 is 0 Å². The normalized spacial score (nSPS) is 26.4. The molecular weight excluding hydrogens is 252 g/mol. The molecule has 1 aromatic heterocycles. The van der Waals surface area contributed by atoms with Crippen molar-refractivity contribution in [1.82, 2.24) is 20.0 Å². The highest BCUT2D eigenvalue weighted by Gasteiger charge is 2.37. The highest BCUT2D eigenvalue weighted by molar-refractivity contribution is 5.96. The van der Waals surface area contributed by atoms with Gasteiger partial charge in [-0.25, -0.2) is 0 Å². The first-order valence-electron chi connectivity index (χ1n) is 7.64. The summed E-state index contributed by atoms with van der Waals surface area (Å²) in [4.78, 5) is 15.0. The van der Waals surface area contributed by atoms with Gasteiger partial charge in [0.1, 0.15) is 0 Å². The van der Waals surface area contributed by atoms with Crippen molar-refractivity contribution in [3.05, 3.63) is 17.0 Å². The largest absolute Gasteiger partial charge is 0.334 e. The minimum absolute atomic E-state index is 0.171. The molecule has 0 saturated carbocycles. The van der Waals surface area contributed by atoms with Crippen LogP contribution in [0.1, 0.15) is 47.4 Å². The zero-order valence-electron chi connectivity index (χ0n) is 12.6. The summed E-state index contributed by atoms with van der Waals surface area (Å²) in [6.45, 7) is 5.88. The van der Waals surface area contributed by atoms with E-state index >= 15 is 0 Å².